The molecule has 1 saturated heterocycles. The van der Waals surface area contributed by atoms with Gasteiger partial charge in [0.2, 0.25) is 5.91 Å². The molecule has 4 nitrogen and oxygen atoms in total. The summed E-state index contributed by atoms with van der Waals surface area (Å²) in [5.41, 5.74) is 0.233. The molecule has 1 aliphatic heterocycles. The van der Waals surface area contributed by atoms with Gasteiger partial charge in [-0.2, -0.15) is 0 Å². The van der Waals surface area contributed by atoms with Gasteiger partial charge in [-0.25, -0.2) is 0 Å². The Labute approximate surface area is 125 Å². The number of nitrogens with zero attached hydrogens (tertiary/aromatic N) is 1. The molecule has 1 fully saturated rings. The molecule has 2 rings (SSSR count). The lowest BCUT2D eigenvalue weighted by Gasteiger charge is -2.39. The first kappa shape index (κ1) is 15.5. The molecule has 112 valence electrons. The normalized spacial score (nSPS) is 20.6. The van der Waals surface area contributed by atoms with Crippen molar-refractivity contribution < 1.29 is 4.79 Å². The number of piperidine rings is 1. The van der Waals surface area contributed by atoms with E-state index < -0.39 is 0 Å². The quantitative estimate of drug-likeness (QED) is 0.873. The van der Waals surface area contributed by atoms with Gasteiger partial charge in [0.25, 0.3) is 0 Å². The van der Waals surface area contributed by atoms with Crippen molar-refractivity contribution in [2.75, 3.05) is 26.7 Å². The van der Waals surface area contributed by atoms with Crippen LogP contribution in [0.15, 0.2) is 17.5 Å². The molecule has 1 amide bonds. The first-order valence-corrected chi connectivity index (χ1v) is 8.14. The third-order valence-electron chi connectivity index (χ3n) is 4.28. The van der Waals surface area contributed by atoms with Crippen LogP contribution in [0.2, 0.25) is 0 Å². The lowest BCUT2D eigenvalue weighted by atomic mass is 9.90. The predicted molar refractivity (Wildman–Crippen MR) is 84.0 cm³/mol. The van der Waals surface area contributed by atoms with Crippen LogP contribution in [0.3, 0.4) is 0 Å². The Bertz CT molecular complexity index is 424. The van der Waals surface area contributed by atoms with Crippen LogP contribution in [-0.4, -0.2) is 43.0 Å². The van der Waals surface area contributed by atoms with Gasteiger partial charge in [0.1, 0.15) is 0 Å². The van der Waals surface area contributed by atoms with E-state index in [2.05, 4.69) is 28.5 Å². The second-order valence-electron chi connectivity index (χ2n) is 5.89. The zero-order valence-corrected chi connectivity index (χ0v) is 13.4. The average Bonchev–Trinajstić information content (AvgIpc) is 2.96. The number of likely N-dealkylation sites (tertiary alicyclic amines) is 1. The van der Waals surface area contributed by atoms with Crippen molar-refractivity contribution in [2.24, 2.45) is 0 Å². The Hall–Kier alpha value is -0.910. The second-order valence-corrected chi connectivity index (χ2v) is 6.87. The fraction of sp³-hybridized carbons (Fsp3) is 0.667. The fourth-order valence-electron chi connectivity index (χ4n) is 2.55. The van der Waals surface area contributed by atoms with E-state index in [1.54, 1.807) is 11.3 Å². The number of amides is 1. The maximum absolute atomic E-state index is 12.1. The van der Waals surface area contributed by atoms with Gasteiger partial charge in [-0.3, -0.25) is 9.69 Å². The predicted octanol–water partition coefficient (Wildman–Crippen LogP) is 2.00. The summed E-state index contributed by atoms with van der Waals surface area (Å²) >= 11 is 1.69. The zero-order chi connectivity index (χ0) is 14.6. The van der Waals surface area contributed by atoms with Crippen molar-refractivity contribution in [3.05, 3.63) is 22.4 Å². The van der Waals surface area contributed by atoms with E-state index in [4.69, 9.17) is 0 Å². The summed E-state index contributed by atoms with van der Waals surface area (Å²) in [6.45, 7) is 6.77. The molecule has 1 aliphatic rings. The number of carbonyl (C=O) groups excluding carboxylic acids is 1. The van der Waals surface area contributed by atoms with Crippen molar-refractivity contribution >= 4 is 17.2 Å². The van der Waals surface area contributed by atoms with Crippen LogP contribution < -0.4 is 10.6 Å². The highest BCUT2D eigenvalue weighted by Crippen LogP contribution is 2.21. The van der Waals surface area contributed by atoms with Gasteiger partial charge >= 0.3 is 0 Å². The van der Waals surface area contributed by atoms with E-state index in [-0.39, 0.29) is 17.5 Å². The van der Waals surface area contributed by atoms with Crippen molar-refractivity contribution in [3.8, 4) is 0 Å². The molecule has 0 saturated carbocycles. The number of hydrogen-bond acceptors (Lipinski definition) is 4. The highest BCUT2D eigenvalue weighted by molar-refractivity contribution is 7.10. The number of thiophene rings is 1. The van der Waals surface area contributed by atoms with Crippen LogP contribution in [0.4, 0.5) is 0 Å². The van der Waals surface area contributed by atoms with Crippen molar-refractivity contribution in [2.45, 2.75) is 38.3 Å². The van der Waals surface area contributed by atoms with E-state index in [1.165, 1.54) is 4.88 Å². The summed E-state index contributed by atoms with van der Waals surface area (Å²) in [6, 6.07) is 4.19. The molecular weight excluding hydrogens is 270 g/mol. The van der Waals surface area contributed by atoms with E-state index in [9.17, 15) is 4.79 Å². The minimum absolute atomic E-state index is 0.106. The number of rotatable bonds is 5. The molecule has 0 bridgehead atoms. The third-order valence-corrected chi connectivity index (χ3v) is 5.33. The highest BCUT2D eigenvalue weighted by Gasteiger charge is 2.29. The summed E-state index contributed by atoms with van der Waals surface area (Å²) < 4.78 is 0. The van der Waals surface area contributed by atoms with Crippen LogP contribution >= 0.6 is 11.3 Å². The second kappa shape index (κ2) is 6.70. The first-order valence-electron chi connectivity index (χ1n) is 7.26. The lowest BCUT2D eigenvalue weighted by molar-refractivity contribution is -0.123. The number of hydrogen-bond donors (Lipinski definition) is 2. The van der Waals surface area contributed by atoms with Crippen molar-refractivity contribution in [1.29, 1.82) is 0 Å². The van der Waals surface area contributed by atoms with Crippen LogP contribution in [0.5, 0.6) is 0 Å². The van der Waals surface area contributed by atoms with Gasteiger partial charge in [0.15, 0.2) is 0 Å². The monoisotopic (exact) mass is 295 g/mol. The molecule has 0 spiro atoms. The SMILES string of the molecule is CNC1(C)CCN(CC(=O)NC(C)c2cccs2)CC1. The third kappa shape index (κ3) is 4.04. The van der Waals surface area contributed by atoms with E-state index >= 15 is 0 Å². The zero-order valence-electron chi connectivity index (χ0n) is 12.6. The Morgan fingerprint density at radius 2 is 2.20 bits per heavy atom. The Morgan fingerprint density at radius 1 is 1.50 bits per heavy atom. The van der Waals surface area contributed by atoms with Gasteiger partial charge in [-0.15, -0.1) is 11.3 Å². The van der Waals surface area contributed by atoms with Crippen molar-refractivity contribution in [3.63, 3.8) is 0 Å². The molecule has 5 heteroatoms. The molecule has 2 heterocycles. The lowest BCUT2D eigenvalue weighted by Crippen LogP contribution is -2.51. The van der Waals surface area contributed by atoms with Crippen LogP contribution in [0.25, 0.3) is 0 Å². The minimum atomic E-state index is 0.106. The molecule has 2 N–H and O–H groups in total. The topological polar surface area (TPSA) is 44.4 Å². The van der Waals surface area contributed by atoms with Gasteiger partial charge < -0.3 is 10.6 Å². The van der Waals surface area contributed by atoms with Gasteiger partial charge in [0.05, 0.1) is 12.6 Å². The van der Waals surface area contributed by atoms with E-state index in [0.29, 0.717) is 6.54 Å². The van der Waals surface area contributed by atoms with Gasteiger partial charge in [0, 0.05) is 23.5 Å². The molecule has 20 heavy (non-hydrogen) atoms. The van der Waals surface area contributed by atoms with E-state index in [0.717, 1.165) is 25.9 Å². The highest BCUT2D eigenvalue weighted by atomic mass is 32.1. The van der Waals surface area contributed by atoms with Crippen LogP contribution in [0, 0.1) is 0 Å². The maximum atomic E-state index is 12.1. The number of carbonyl (C=O) groups is 1. The smallest absolute Gasteiger partial charge is 0.234 e. The average molecular weight is 295 g/mol. The Kier molecular flexibility index (Phi) is 5.18. The van der Waals surface area contributed by atoms with Crippen molar-refractivity contribution in [1.82, 2.24) is 15.5 Å². The largest absolute Gasteiger partial charge is 0.348 e. The first-order chi connectivity index (χ1) is 9.52. The summed E-state index contributed by atoms with van der Waals surface area (Å²) in [4.78, 5) is 15.5. The molecular formula is C15H25N3OS. The Balaban J connectivity index is 1.76. The number of nitrogens with one attached hydrogen (secondary N) is 2. The molecule has 0 radical (unpaired) electrons. The van der Waals surface area contributed by atoms with Crippen LogP contribution in [-0.2, 0) is 4.79 Å². The van der Waals surface area contributed by atoms with Crippen LogP contribution in [0.1, 0.15) is 37.6 Å². The minimum Gasteiger partial charge on any atom is -0.348 e. The maximum Gasteiger partial charge on any atom is 0.234 e. The molecule has 1 unspecified atom stereocenters. The molecule has 0 aromatic carbocycles. The van der Waals surface area contributed by atoms with Gasteiger partial charge in [-0.1, -0.05) is 6.07 Å². The molecule has 1 aromatic rings. The molecule has 0 aliphatic carbocycles. The summed E-state index contributed by atoms with van der Waals surface area (Å²) in [5, 5.41) is 8.50. The fourth-order valence-corrected chi connectivity index (χ4v) is 3.29. The molecule has 1 atom stereocenters. The Morgan fingerprint density at radius 3 is 2.75 bits per heavy atom. The summed E-state index contributed by atoms with van der Waals surface area (Å²) in [5.74, 6) is 0.124. The standard InChI is InChI=1S/C15H25N3OS/c1-12(13-5-4-10-20-13)17-14(19)11-18-8-6-15(2,16-3)7-9-18/h4-5,10,12,16H,6-9,11H2,1-3H3,(H,17,19). The van der Waals surface area contributed by atoms with Gasteiger partial charge in [-0.05, 0) is 45.2 Å². The summed E-state index contributed by atoms with van der Waals surface area (Å²) in [6.07, 6.45) is 2.19. The van der Waals surface area contributed by atoms with E-state index in [1.807, 2.05) is 25.4 Å². The summed E-state index contributed by atoms with van der Waals surface area (Å²) in [7, 11) is 2.02. The molecule has 1 aromatic heterocycles.